The van der Waals surface area contributed by atoms with Crippen molar-refractivity contribution in [1.29, 1.82) is 0 Å². The van der Waals surface area contributed by atoms with Gasteiger partial charge in [0, 0.05) is 47.6 Å². The molecule has 2 unspecified atom stereocenters. The molecule has 1 saturated heterocycles. The average Bonchev–Trinajstić information content (AvgIpc) is 2.70. The van der Waals surface area contributed by atoms with Crippen molar-refractivity contribution in [3.8, 4) is 0 Å². The van der Waals surface area contributed by atoms with Crippen LogP contribution in [0.2, 0.25) is 0 Å². The van der Waals surface area contributed by atoms with Crippen molar-refractivity contribution >= 4 is 22.1 Å². The zero-order valence-corrected chi connectivity index (χ0v) is 9.82. The summed E-state index contributed by atoms with van der Waals surface area (Å²) in [6, 6.07) is 5.65. The van der Waals surface area contributed by atoms with Gasteiger partial charge < -0.3 is 20.8 Å². The molecule has 1 aromatic heterocycles. The molecule has 2 atom stereocenters. The minimum Gasteiger partial charge on any atom is -0.398 e. The maximum atomic E-state index is 9.63. The maximum absolute atomic E-state index is 9.63. The molecule has 5 nitrogen and oxygen atoms in total. The number of aliphatic hydroxyl groups is 2. The molecule has 1 aliphatic heterocycles. The molecule has 0 aliphatic carbocycles. The Labute approximate surface area is 104 Å². The third-order valence-electron chi connectivity index (χ3n) is 3.43. The third kappa shape index (κ3) is 1.68. The molecule has 1 aliphatic rings. The number of aromatic nitrogens is 1. The van der Waals surface area contributed by atoms with E-state index in [1.54, 1.807) is 12.4 Å². The van der Waals surface area contributed by atoms with Gasteiger partial charge in [-0.05, 0) is 18.2 Å². The highest BCUT2D eigenvalue weighted by molar-refractivity contribution is 6.00. The molecule has 0 amide bonds. The first-order valence-electron chi connectivity index (χ1n) is 5.90. The van der Waals surface area contributed by atoms with Gasteiger partial charge in [0.05, 0.1) is 12.2 Å². The molecule has 1 fully saturated rings. The van der Waals surface area contributed by atoms with E-state index < -0.39 is 12.2 Å². The number of hydrogen-bond acceptors (Lipinski definition) is 5. The molecule has 94 valence electrons. The molecule has 0 bridgehead atoms. The van der Waals surface area contributed by atoms with Gasteiger partial charge >= 0.3 is 0 Å². The van der Waals surface area contributed by atoms with Crippen LogP contribution in [0, 0.1) is 0 Å². The fourth-order valence-electron chi connectivity index (χ4n) is 2.44. The molecular formula is C13H15N3O2. The van der Waals surface area contributed by atoms with Crippen LogP contribution in [-0.4, -0.2) is 40.5 Å². The van der Waals surface area contributed by atoms with Crippen LogP contribution in [0.4, 0.5) is 11.4 Å². The van der Waals surface area contributed by atoms with E-state index in [4.69, 9.17) is 5.73 Å². The van der Waals surface area contributed by atoms with Crippen LogP contribution in [-0.2, 0) is 0 Å². The van der Waals surface area contributed by atoms with Crippen molar-refractivity contribution in [2.45, 2.75) is 12.2 Å². The first-order valence-corrected chi connectivity index (χ1v) is 5.90. The largest absolute Gasteiger partial charge is 0.398 e. The molecule has 1 aromatic carbocycles. The van der Waals surface area contributed by atoms with Crippen LogP contribution in [0.3, 0.4) is 0 Å². The minimum atomic E-state index is -0.695. The lowest BCUT2D eigenvalue weighted by atomic mass is 10.1. The zero-order chi connectivity index (χ0) is 12.7. The van der Waals surface area contributed by atoms with Crippen LogP contribution >= 0.6 is 0 Å². The lowest BCUT2D eigenvalue weighted by molar-refractivity contribution is 0.0572. The zero-order valence-electron chi connectivity index (χ0n) is 9.82. The lowest BCUT2D eigenvalue weighted by Gasteiger charge is -2.20. The van der Waals surface area contributed by atoms with Crippen LogP contribution in [0.5, 0.6) is 0 Å². The molecule has 3 rings (SSSR count). The summed E-state index contributed by atoms with van der Waals surface area (Å²) >= 11 is 0. The fourth-order valence-corrected chi connectivity index (χ4v) is 2.44. The van der Waals surface area contributed by atoms with Crippen molar-refractivity contribution in [2.75, 3.05) is 23.7 Å². The van der Waals surface area contributed by atoms with E-state index in [0.29, 0.717) is 18.8 Å². The summed E-state index contributed by atoms with van der Waals surface area (Å²) in [4.78, 5) is 6.04. The van der Waals surface area contributed by atoms with Gasteiger partial charge in [-0.25, -0.2) is 0 Å². The highest BCUT2D eigenvalue weighted by atomic mass is 16.3. The van der Waals surface area contributed by atoms with E-state index >= 15 is 0 Å². The lowest BCUT2D eigenvalue weighted by Crippen LogP contribution is -2.22. The van der Waals surface area contributed by atoms with Gasteiger partial charge in [-0.2, -0.15) is 0 Å². The Morgan fingerprint density at radius 3 is 2.56 bits per heavy atom. The number of hydrogen-bond donors (Lipinski definition) is 3. The maximum Gasteiger partial charge on any atom is 0.0990 e. The van der Waals surface area contributed by atoms with Crippen molar-refractivity contribution in [3.63, 3.8) is 0 Å². The number of rotatable bonds is 1. The monoisotopic (exact) mass is 245 g/mol. The number of fused-ring (bicyclic) bond motifs is 1. The predicted octanol–water partition coefficient (Wildman–Crippen LogP) is 0.359. The van der Waals surface area contributed by atoms with E-state index in [2.05, 4.69) is 4.98 Å². The van der Waals surface area contributed by atoms with Crippen LogP contribution in [0.1, 0.15) is 0 Å². The van der Waals surface area contributed by atoms with Crippen LogP contribution in [0.15, 0.2) is 30.6 Å². The normalized spacial score (nSPS) is 23.8. The van der Waals surface area contributed by atoms with Crippen molar-refractivity contribution < 1.29 is 10.2 Å². The van der Waals surface area contributed by atoms with Gasteiger partial charge in [0.25, 0.3) is 0 Å². The summed E-state index contributed by atoms with van der Waals surface area (Å²) in [7, 11) is 0. The molecule has 0 radical (unpaired) electrons. The highest BCUT2D eigenvalue weighted by Gasteiger charge is 2.30. The first kappa shape index (κ1) is 11.3. The Kier molecular flexibility index (Phi) is 2.57. The predicted molar refractivity (Wildman–Crippen MR) is 70.4 cm³/mol. The van der Waals surface area contributed by atoms with Gasteiger partial charge in [-0.1, -0.05) is 0 Å². The fraction of sp³-hybridized carbons (Fsp3) is 0.308. The topological polar surface area (TPSA) is 82.6 Å². The quantitative estimate of drug-likeness (QED) is 0.632. The van der Waals surface area contributed by atoms with Crippen molar-refractivity contribution in [1.82, 2.24) is 4.98 Å². The Hall–Kier alpha value is -1.85. The molecule has 0 spiro atoms. The number of aliphatic hydroxyl groups excluding tert-OH is 2. The van der Waals surface area contributed by atoms with E-state index in [1.807, 2.05) is 23.1 Å². The van der Waals surface area contributed by atoms with Crippen molar-refractivity contribution in [2.24, 2.45) is 0 Å². The SMILES string of the molecule is Nc1ccc(N2CC(O)C(O)C2)c2ccncc12. The highest BCUT2D eigenvalue weighted by Crippen LogP contribution is 2.32. The number of pyridine rings is 1. The number of nitrogens with zero attached hydrogens (tertiary/aromatic N) is 2. The van der Waals surface area contributed by atoms with Crippen LogP contribution in [0.25, 0.3) is 10.8 Å². The van der Waals surface area contributed by atoms with Gasteiger partial charge in [0.15, 0.2) is 0 Å². The smallest absolute Gasteiger partial charge is 0.0990 e. The minimum absolute atomic E-state index is 0.433. The molecule has 2 aromatic rings. The molecule has 0 saturated carbocycles. The Morgan fingerprint density at radius 1 is 1.11 bits per heavy atom. The Balaban J connectivity index is 2.10. The van der Waals surface area contributed by atoms with Crippen molar-refractivity contribution in [3.05, 3.63) is 30.6 Å². The van der Waals surface area contributed by atoms with E-state index in [-0.39, 0.29) is 0 Å². The summed E-state index contributed by atoms with van der Waals surface area (Å²) in [6.07, 6.45) is 2.06. The Bertz CT molecular complexity index is 577. The second kappa shape index (κ2) is 4.12. The molecule has 18 heavy (non-hydrogen) atoms. The van der Waals surface area contributed by atoms with E-state index in [0.717, 1.165) is 16.5 Å². The third-order valence-corrected chi connectivity index (χ3v) is 3.43. The second-order valence-corrected chi connectivity index (χ2v) is 4.63. The van der Waals surface area contributed by atoms with Gasteiger partial charge in [0.2, 0.25) is 0 Å². The number of β-amino-alcohol motifs (C(OH)–C–C–N with tert-alkyl or cyclic N) is 2. The molecule has 4 N–H and O–H groups in total. The summed E-state index contributed by atoms with van der Waals surface area (Å²) < 4.78 is 0. The van der Waals surface area contributed by atoms with Gasteiger partial charge in [-0.15, -0.1) is 0 Å². The summed E-state index contributed by atoms with van der Waals surface area (Å²) in [5.74, 6) is 0. The average molecular weight is 245 g/mol. The second-order valence-electron chi connectivity index (χ2n) is 4.63. The van der Waals surface area contributed by atoms with E-state index in [9.17, 15) is 10.2 Å². The summed E-state index contributed by atoms with van der Waals surface area (Å²) in [5, 5.41) is 21.1. The number of anilines is 2. The number of nitrogen functional groups attached to an aromatic ring is 1. The molecule has 2 heterocycles. The van der Waals surface area contributed by atoms with Gasteiger partial charge in [-0.3, -0.25) is 4.98 Å². The van der Waals surface area contributed by atoms with Gasteiger partial charge in [0.1, 0.15) is 0 Å². The number of benzene rings is 1. The van der Waals surface area contributed by atoms with E-state index in [1.165, 1.54) is 0 Å². The molecule has 5 heteroatoms. The number of nitrogens with two attached hydrogens (primary N) is 1. The standard InChI is InChI=1S/C13H15N3O2/c14-10-1-2-11(8-3-4-15-5-9(8)10)16-6-12(17)13(18)7-16/h1-5,12-13,17-18H,6-7,14H2. The summed E-state index contributed by atoms with van der Waals surface area (Å²) in [5.41, 5.74) is 7.57. The Morgan fingerprint density at radius 2 is 1.83 bits per heavy atom. The molecular weight excluding hydrogens is 230 g/mol. The summed E-state index contributed by atoms with van der Waals surface area (Å²) in [6.45, 7) is 0.866. The first-order chi connectivity index (χ1) is 8.66. The van der Waals surface area contributed by atoms with Crippen LogP contribution < -0.4 is 10.6 Å².